The smallest absolute Gasteiger partial charge is 0.181 e. The highest BCUT2D eigenvalue weighted by atomic mass is 16.6. The predicted molar refractivity (Wildman–Crippen MR) is 84.1 cm³/mol. The molecule has 7 heteroatoms. The molecule has 0 fully saturated rings. The van der Waals surface area contributed by atoms with Gasteiger partial charge >= 0.3 is 0 Å². The molecule has 2 N–H and O–H groups in total. The number of nitrogens with one attached hydrogen (secondary N) is 2. The number of aromatic amines is 1. The summed E-state index contributed by atoms with van der Waals surface area (Å²) in [5.74, 6) is 1.43. The van der Waals surface area contributed by atoms with Gasteiger partial charge in [0.05, 0.1) is 19.0 Å². The van der Waals surface area contributed by atoms with Crippen LogP contribution in [0.25, 0.3) is 22.5 Å². The van der Waals surface area contributed by atoms with Crippen molar-refractivity contribution in [3.63, 3.8) is 0 Å². The molecule has 0 amide bonds. The van der Waals surface area contributed by atoms with Gasteiger partial charge in [0.15, 0.2) is 5.82 Å². The number of hydrogen-bond acceptors (Lipinski definition) is 5. The van der Waals surface area contributed by atoms with E-state index in [0.29, 0.717) is 5.82 Å². The minimum absolute atomic E-state index is 0.653. The normalized spacial score (nSPS) is 10.9. The topological polar surface area (TPSA) is 80.7 Å². The van der Waals surface area contributed by atoms with Crippen LogP contribution in [0.3, 0.4) is 0 Å². The van der Waals surface area contributed by atoms with Crippen LogP contribution in [0.2, 0.25) is 0 Å². The molecule has 7 nitrogen and oxygen atoms in total. The van der Waals surface area contributed by atoms with Gasteiger partial charge in [-0.3, -0.25) is 20.1 Å². The van der Waals surface area contributed by atoms with Gasteiger partial charge in [0.2, 0.25) is 0 Å². The van der Waals surface area contributed by atoms with Crippen molar-refractivity contribution in [3.05, 3.63) is 35.9 Å². The number of H-pyrrole nitrogens is 1. The van der Waals surface area contributed by atoms with Crippen molar-refractivity contribution < 1.29 is 4.84 Å². The van der Waals surface area contributed by atoms with Gasteiger partial charge in [-0.25, -0.2) is 4.98 Å². The quantitative estimate of drug-likeness (QED) is 0.723. The molecule has 22 heavy (non-hydrogen) atoms. The largest absolute Gasteiger partial charge is 0.279 e. The summed E-state index contributed by atoms with van der Waals surface area (Å²) in [5, 5.41) is 11.4. The molecular formula is C15H18N6O. The summed E-state index contributed by atoms with van der Waals surface area (Å²) < 4.78 is 1.85. The summed E-state index contributed by atoms with van der Waals surface area (Å²) in [6.07, 6.45) is 1.86. The first kappa shape index (κ1) is 14.3. The molecule has 0 unspecified atom stereocenters. The van der Waals surface area contributed by atoms with E-state index in [2.05, 4.69) is 25.8 Å². The second-order valence-electron chi connectivity index (χ2n) is 5.12. The second-order valence-corrected chi connectivity index (χ2v) is 5.12. The molecule has 2 heterocycles. The van der Waals surface area contributed by atoms with E-state index in [0.717, 1.165) is 33.9 Å². The Labute approximate surface area is 128 Å². The first-order valence-corrected chi connectivity index (χ1v) is 6.91. The maximum Gasteiger partial charge on any atom is 0.181 e. The molecule has 0 saturated carbocycles. The summed E-state index contributed by atoms with van der Waals surface area (Å²) in [5.41, 5.74) is 7.80. The van der Waals surface area contributed by atoms with Crippen molar-refractivity contribution in [2.75, 3.05) is 12.6 Å². The predicted octanol–water partition coefficient (Wildman–Crippen LogP) is 2.46. The van der Waals surface area contributed by atoms with Crippen molar-refractivity contribution in [1.29, 1.82) is 0 Å². The van der Waals surface area contributed by atoms with Crippen LogP contribution in [-0.2, 0) is 11.9 Å². The van der Waals surface area contributed by atoms with E-state index in [1.54, 1.807) is 7.11 Å². The first-order valence-electron chi connectivity index (χ1n) is 6.91. The van der Waals surface area contributed by atoms with Crippen LogP contribution >= 0.6 is 0 Å². The van der Waals surface area contributed by atoms with Gasteiger partial charge in [0.25, 0.3) is 0 Å². The van der Waals surface area contributed by atoms with Crippen molar-refractivity contribution in [3.8, 4) is 22.5 Å². The molecule has 114 valence electrons. The monoisotopic (exact) mass is 298 g/mol. The van der Waals surface area contributed by atoms with Crippen molar-refractivity contribution in [1.82, 2.24) is 25.0 Å². The van der Waals surface area contributed by atoms with Gasteiger partial charge in [0, 0.05) is 23.9 Å². The zero-order valence-electron chi connectivity index (χ0n) is 13.0. The molecule has 0 aliphatic carbocycles. The van der Waals surface area contributed by atoms with Crippen LogP contribution in [0.5, 0.6) is 0 Å². The molecular weight excluding hydrogens is 280 g/mol. The van der Waals surface area contributed by atoms with Gasteiger partial charge < -0.3 is 0 Å². The Kier molecular flexibility index (Phi) is 3.64. The number of hydrogen-bond donors (Lipinski definition) is 2. The second kappa shape index (κ2) is 5.61. The highest BCUT2D eigenvalue weighted by Gasteiger charge is 2.12. The highest BCUT2D eigenvalue weighted by Crippen LogP contribution is 2.30. The lowest BCUT2D eigenvalue weighted by Gasteiger charge is -2.09. The zero-order valence-corrected chi connectivity index (χ0v) is 13.0. The molecule has 0 radical (unpaired) electrons. The lowest BCUT2D eigenvalue weighted by atomic mass is 10.0. The number of rotatable bonds is 4. The number of benzene rings is 1. The standard InChI is InChI=1S/C15H18N6O/c1-9-14(8-16-21(9)3)11-5-12(7-13(6-11)20-22-4)15-17-10(2)18-19-15/h5-8,20H,1-4H3,(H,17,18,19). The lowest BCUT2D eigenvalue weighted by Crippen LogP contribution is -1.97. The van der Waals surface area contributed by atoms with Gasteiger partial charge in [-0.15, -0.1) is 0 Å². The van der Waals surface area contributed by atoms with E-state index in [4.69, 9.17) is 4.84 Å². The number of aromatic nitrogens is 5. The molecule has 3 aromatic rings. The van der Waals surface area contributed by atoms with E-state index >= 15 is 0 Å². The summed E-state index contributed by atoms with van der Waals surface area (Å²) in [6.45, 7) is 3.91. The van der Waals surface area contributed by atoms with Crippen LogP contribution in [-0.4, -0.2) is 32.1 Å². The van der Waals surface area contributed by atoms with E-state index in [1.807, 2.05) is 50.0 Å². The zero-order chi connectivity index (χ0) is 15.7. The Morgan fingerprint density at radius 2 is 1.95 bits per heavy atom. The lowest BCUT2D eigenvalue weighted by molar-refractivity contribution is 0.271. The van der Waals surface area contributed by atoms with Crippen LogP contribution < -0.4 is 5.48 Å². The van der Waals surface area contributed by atoms with Crippen molar-refractivity contribution in [2.24, 2.45) is 7.05 Å². The molecule has 0 atom stereocenters. The first-order chi connectivity index (χ1) is 10.6. The maximum absolute atomic E-state index is 5.03. The maximum atomic E-state index is 5.03. The highest BCUT2D eigenvalue weighted by molar-refractivity contribution is 5.76. The van der Waals surface area contributed by atoms with Gasteiger partial charge in [-0.1, -0.05) is 0 Å². The summed E-state index contributed by atoms with van der Waals surface area (Å²) in [7, 11) is 3.51. The SMILES string of the molecule is CONc1cc(-c2n[nH]c(C)n2)cc(-c2cnn(C)c2C)c1. The van der Waals surface area contributed by atoms with E-state index < -0.39 is 0 Å². The Balaban J connectivity index is 2.13. The minimum atomic E-state index is 0.653. The van der Waals surface area contributed by atoms with Crippen LogP contribution in [0, 0.1) is 13.8 Å². The number of anilines is 1. The summed E-state index contributed by atoms with van der Waals surface area (Å²) in [6, 6.07) is 6.01. The van der Waals surface area contributed by atoms with Crippen LogP contribution in [0.1, 0.15) is 11.5 Å². The third-order valence-electron chi connectivity index (χ3n) is 3.55. The Morgan fingerprint density at radius 1 is 1.18 bits per heavy atom. The molecule has 0 bridgehead atoms. The van der Waals surface area contributed by atoms with Crippen molar-refractivity contribution >= 4 is 5.69 Å². The van der Waals surface area contributed by atoms with Crippen LogP contribution in [0.15, 0.2) is 24.4 Å². The molecule has 3 rings (SSSR count). The third kappa shape index (κ3) is 2.58. The molecule has 0 saturated heterocycles. The Bertz CT molecular complexity index is 804. The average Bonchev–Trinajstić information content (AvgIpc) is 3.07. The Morgan fingerprint density at radius 3 is 2.55 bits per heavy atom. The summed E-state index contributed by atoms with van der Waals surface area (Å²) in [4.78, 5) is 9.42. The molecule has 2 aromatic heterocycles. The fourth-order valence-electron chi connectivity index (χ4n) is 2.34. The van der Waals surface area contributed by atoms with E-state index in [9.17, 15) is 0 Å². The van der Waals surface area contributed by atoms with Gasteiger partial charge in [-0.2, -0.15) is 10.2 Å². The average molecular weight is 298 g/mol. The fourth-order valence-corrected chi connectivity index (χ4v) is 2.34. The number of nitrogens with zero attached hydrogens (tertiary/aromatic N) is 4. The molecule has 0 spiro atoms. The molecule has 0 aliphatic rings. The van der Waals surface area contributed by atoms with E-state index in [-0.39, 0.29) is 0 Å². The van der Waals surface area contributed by atoms with E-state index in [1.165, 1.54) is 0 Å². The van der Waals surface area contributed by atoms with Gasteiger partial charge in [-0.05, 0) is 37.6 Å². The number of aryl methyl sites for hydroxylation is 2. The van der Waals surface area contributed by atoms with Gasteiger partial charge in [0.1, 0.15) is 5.82 Å². The Hall–Kier alpha value is -2.67. The van der Waals surface area contributed by atoms with Crippen LogP contribution in [0.4, 0.5) is 5.69 Å². The minimum Gasteiger partial charge on any atom is -0.279 e. The molecule has 1 aromatic carbocycles. The summed E-state index contributed by atoms with van der Waals surface area (Å²) >= 11 is 0. The third-order valence-corrected chi connectivity index (χ3v) is 3.55. The fraction of sp³-hybridized carbons (Fsp3) is 0.267. The molecule has 0 aliphatic heterocycles. The van der Waals surface area contributed by atoms with Crippen molar-refractivity contribution in [2.45, 2.75) is 13.8 Å².